The van der Waals surface area contributed by atoms with Crippen LogP contribution in [-0.4, -0.2) is 41.3 Å². The molecule has 0 saturated carbocycles. The molecular weight excluding hydrogens is 159 g/mol. The molecule has 1 atom stereocenters. The Bertz CT molecular complexity index is 194. The molecule has 1 N–H and O–H groups in total. The van der Waals surface area contributed by atoms with E-state index in [0.717, 1.165) is 6.42 Å². The van der Waals surface area contributed by atoms with E-state index in [1.165, 1.54) is 5.56 Å². The van der Waals surface area contributed by atoms with Gasteiger partial charge in [0.05, 0.1) is 0 Å². The summed E-state index contributed by atoms with van der Waals surface area (Å²) in [5, 5.41) is 8.98. The molecule has 1 nitrogen and oxygen atoms in total. The summed E-state index contributed by atoms with van der Waals surface area (Å²) in [6, 6.07) is 10.1. The molecule has 0 fully saturated rings. The molecule has 0 aliphatic carbocycles. The van der Waals surface area contributed by atoms with E-state index in [0.29, 0.717) is 5.92 Å². The molecule has 0 amide bonds. The van der Waals surface area contributed by atoms with E-state index < -0.39 is 0 Å². The maximum absolute atomic E-state index is 8.98. The van der Waals surface area contributed by atoms with Gasteiger partial charge in [0.15, 0.2) is 0 Å². The van der Waals surface area contributed by atoms with Crippen LogP contribution in [0.3, 0.4) is 0 Å². The van der Waals surface area contributed by atoms with Gasteiger partial charge in [-0.15, -0.1) is 0 Å². The number of aliphatic hydroxyl groups excluding tert-OH is 1. The monoisotopic (exact) mass is 174 g/mol. The first-order chi connectivity index (χ1) is 5.38. The zero-order valence-electron chi connectivity index (χ0n) is 6.83. The van der Waals surface area contributed by atoms with E-state index in [2.05, 4.69) is 19.1 Å². The Morgan fingerprint density at radius 2 is 1.83 bits per heavy atom. The van der Waals surface area contributed by atoms with Crippen LogP contribution in [0.5, 0.6) is 0 Å². The first-order valence-corrected chi connectivity index (χ1v) is 4.04. The van der Waals surface area contributed by atoms with Crippen molar-refractivity contribution < 1.29 is 5.11 Å². The minimum atomic E-state index is 0. The van der Waals surface area contributed by atoms with Gasteiger partial charge in [-0.3, -0.25) is 0 Å². The van der Waals surface area contributed by atoms with Gasteiger partial charge in [-0.05, 0) is 12.0 Å². The van der Waals surface area contributed by atoms with E-state index in [4.69, 9.17) is 5.11 Å². The molecule has 0 radical (unpaired) electrons. The number of rotatable bonds is 3. The summed E-state index contributed by atoms with van der Waals surface area (Å²) in [5.74, 6) is 0.316. The van der Waals surface area contributed by atoms with Crippen molar-refractivity contribution in [2.45, 2.75) is 19.3 Å². The Morgan fingerprint density at radius 1 is 1.25 bits per heavy atom. The third-order valence-electron chi connectivity index (χ3n) is 1.98. The number of hydrogen-bond acceptors (Lipinski definition) is 1. The van der Waals surface area contributed by atoms with E-state index >= 15 is 0 Å². The molecule has 1 unspecified atom stereocenters. The standard InChI is InChI=1S/C10H14O.Na.H/c1-2-9(8-11)10-6-4-3-5-7-10;;/h3-7,9,11H,2,8H2,1H3;;. The summed E-state index contributed by atoms with van der Waals surface area (Å²) in [7, 11) is 0. The second kappa shape index (κ2) is 6.67. The first-order valence-electron chi connectivity index (χ1n) is 4.04. The van der Waals surface area contributed by atoms with Gasteiger partial charge in [0.2, 0.25) is 0 Å². The van der Waals surface area contributed by atoms with E-state index in [-0.39, 0.29) is 36.2 Å². The topological polar surface area (TPSA) is 20.2 Å². The van der Waals surface area contributed by atoms with Crippen molar-refractivity contribution in [3.05, 3.63) is 35.9 Å². The summed E-state index contributed by atoms with van der Waals surface area (Å²) >= 11 is 0. The van der Waals surface area contributed by atoms with Crippen molar-refractivity contribution in [3.63, 3.8) is 0 Å². The van der Waals surface area contributed by atoms with Crippen LogP contribution in [0.2, 0.25) is 0 Å². The van der Waals surface area contributed by atoms with Crippen LogP contribution in [0, 0.1) is 0 Å². The molecule has 12 heavy (non-hydrogen) atoms. The fourth-order valence-corrected chi connectivity index (χ4v) is 1.20. The van der Waals surface area contributed by atoms with Crippen molar-refractivity contribution in [1.29, 1.82) is 0 Å². The average molecular weight is 174 g/mol. The van der Waals surface area contributed by atoms with Gasteiger partial charge in [0, 0.05) is 12.5 Å². The third kappa shape index (κ3) is 3.28. The molecule has 0 bridgehead atoms. The molecular formula is C10H15NaO. The van der Waals surface area contributed by atoms with Crippen LogP contribution < -0.4 is 0 Å². The molecule has 1 rings (SSSR count). The summed E-state index contributed by atoms with van der Waals surface area (Å²) in [5.41, 5.74) is 1.23. The number of hydrogen-bond donors (Lipinski definition) is 1. The second-order valence-electron chi connectivity index (χ2n) is 2.70. The summed E-state index contributed by atoms with van der Waals surface area (Å²) in [4.78, 5) is 0. The molecule has 1 aromatic carbocycles. The SMILES string of the molecule is CCC(CO)c1ccccc1.[NaH]. The van der Waals surface area contributed by atoms with Gasteiger partial charge in [0.25, 0.3) is 0 Å². The molecule has 1 aromatic rings. The predicted molar refractivity (Wildman–Crippen MR) is 53.7 cm³/mol. The Morgan fingerprint density at radius 3 is 2.25 bits per heavy atom. The molecule has 0 aromatic heterocycles. The molecule has 2 heteroatoms. The van der Waals surface area contributed by atoms with Crippen molar-refractivity contribution in [1.82, 2.24) is 0 Å². The van der Waals surface area contributed by atoms with Crippen LogP contribution in [0.15, 0.2) is 30.3 Å². The van der Waals surface area contributed by atoms with E-state index in [1.807, 2.05) is 18.2 Å². The first kappa shape index (κ1) is 12.2. The summed E-state index contributed by atoms with van der Waals surface area (Å²) in [6.45, 7) is 2.34. The van der Waals surface area contributed by atoms with Gasteiger partial charge in [-0.2, -0.15) is 0 Å². The van der Waals surface area contributed by atoms with Gasteiger partial charge in [0.1, 0.15) is 0 Å². The van der Waals surface area contributed by atoms with Gasteiger partial charge in [-0.25, -0.2) is 0 Å². The molecule has 62 valence electrons. The van der Waals surface area contributed by atoms with Crippen LogP contribution in [0.1, 0.15) is 24.8 Å². The number of aliphatic hydroxyl groups is 1. The molecule has 0 saturated heterocycles. The fourth-order valence-electron chi connectivity index (χ4n) is 1.20. The van der Waals surface area contributed by atoms with Crippen molar-refractivity contribution in [3.8, 4) is 0 Å². The van der Waals surface area contributed by atoms with Crippen molar-refractivity contribution in [2.75, 3.05) is 6.61 Å². The van der Waals surface area contributed by atoms with Crippen LogP contribution in [0.25, 0.3) is 0 Å². The van der Waals surface area contributed by atoms with Gasteiger partial charge in [-0.1, -0.05) is 37.3 Å². The van der Waals surface area contributed by atoms with Crippen LogP contribution in [-0.2, 0) is 0 Å². The van der Waals surface area contributed by atoms with E-state index in [9.17, 15) is 0 Å². The van der Waals surface area contributed by atoms with Crippen molar-refractivity contribution >= 4 is 29.6 Å². The van der Waals surface area contributed by atoms with Gasteiger partial charge < -0.3 is 5.11 Å². The molecule has 0 heterocycles. The Balaban J connectivity index is 0.00000121. The van der Waals surface area contributed by atoms with Crippen LogP contribution >= 0.6 is 0 Å². The Hall–Kier alpha value is 0.180. The summed E-state index contributed by atoms with van der Waals surface area (Å²) in [6.07, 6.45) is 1.00. The predicted octanol–water partition coefficient (Wildman–Crippen LogP) is 1.52. The average Bonchev–Trinajstić information content (AvgIpc) is 2.09. The second-order valence-corrected chi connectivity index (χ2v) is 2.70. The quantitative estimate of drug-likeness (QED) is 0.689. The molecule has 0 aliphatic heterocycles. The molecule has 0 spiro atoms. The van der Waals surface area contributed by atoms with Gasteiger partial charge >= 0.3 is 29.6 Å². The zero-order valence-corrected chi connectivity index (χ0v) is 6.83. The Labute approximate surface area is 96.1 Å². The fraction of sp³-hybridized carbons (Fsp3) is 0.400. The normalized spacial score (nSPS) is 11.8. The molecule has 0 aliphatic rings. The zero-order chi connectivity index (χ0) is 8.10. The minimum absolute atomic E-state index is 0. The summed E-state index contributed by atoms with van der Waals surface area (Å²) < 4.78 is 0. The third-order valence-corrected chi connectivity index (χ3v) is 1.98. The Kier molecular flexibility index (Phi) is 6.77. The van der Waals surface area contributed by atoms with Crippen molar-refractivity contribution in [2.24, 2.45) is 0 Å². The maximum atomic E-state index is 8.98. The van der Waals surface area contributed by atoms with Crippen LogP contribution in [0.4, 0.5) is 0 Å². The van der Waals surface area contributed by atoms with E-state index in [1.54, 1.807) is 0 Å². The number of benzene rings is 1.